The van der Waals surface area contributed by atoms with Gasteiger partial charge in [-0.05, 0) is 28.4 Å². The quantitative estimate of drug-likeness (QED) is 0.279. The van der Waals surface area contributed by atoms with Crippen LogP contribution in [-0.2, 0) is 40.6 Å². The van der Waals surface area contributed by atoms with Crippen molar-refractivity contribution in [1.82, 2.24) is 0 Å². The van der Waals surface area contributed by atoms with Gasteiger partial charge in [0.15, 0.2) is 0 Å². The number of hydrogen-bond acceptors (Lipinski definition) is 0. The van der Waals surface area contributed by atoms with Crippen LogP contribution < -0.4 is 24.8 Å². The number of fused-ring (bicyclic) bond motifs is 3. The number of hydrogen-bond donors (Lipinski definition) is 0. The van der Waals surface area contributed by atoms with Crippen LogP contribution in [0.5, 0.6) is 0 Å². The third kappa shape index (κ3) is 9.93. The third-order valence-corrected chi connectivity index (χ3v) is 5.55. The summed E-state index contributed by atoms with van der Waals surface area (Å²) in [6, 6.07) is 15.2. The number of benzene rings is 2. The van der Waals surface area contributed by atoms with Gasteiger partial charge in [-0.2, -0.15) is 29.8 Å². The van der Waals surface area contributed by atoms with E-state index in [1.54, 1.807) is 23.3 Å². The summed E-state index contributed by atoms with van der Waals surface area (Å²) in [6.07, 6.45) is 8.50. The summed E-state index contributed by atoms with van der Waals surface area (Å²) in [7, 11) is 0. The van der Waals surface area contributed by atoms with Crippen LogP contribution in [0.15, 0.2) is 48.1 Å². The predicted molar refractivity (Wildman–Crippen MR) is 139 cm³/mol. The molecule has 0 radical (unpaired) electrons. The van der Waals surface area contributed by atoms with Crippen molar-refractivity contribution in [3.8, 4) is 11.1 Å². The van der Waals surface area contributed by atoms with Crippen molar-refractivity contribution < 1.29 is 48.1 Å². The van der Waals surface area contributed by atoms with Crippen LogP contribution in [0.1, 0.15) is 77.6 Å². The molecule has 2 aliphatic rings. The van der Waals surface area contributed by atoms with Gasteiger partial charge in [0.2, 0.25) is 0 Å². The second-order valence-electron chi connectivity index (χ2n) is 11.3. The topological polar surface area (TPSA) is 0 Å². The summed E-state index contributed by atoms with van der Waals surface area (Å²) in [5.41, 5.74) is 10.2. The molecule has 0 aromatic heterocycles. The molecule has 0 amide bonds. The molecule has 34 heavy (non-hydrogen) atoms. The minimum absolute atomic E-state index is 0. The Bertz CT molecular complexity index is 971. The van der Waals surface area contributed by atoms with Crippen LogP contribution in [0, 0.1) is 18.1 Å². The van der Waals surface area contributed by atoms with Gasteiger partial charge >= 0.3 is 41.9 Å². The Hall–Kier alpha value is -0.400. The van der Waals surface area contributed by atoms with Gasteiger partial charge in [0.05, 0.1) is 0 Å². The van der Waals surface area contributed by atoms with Crippen LogP contribution in [-0.4, -0.2) is 5.43 Å². The van der Waals surface area contributed by atoms with Crippen molar-refractivity contribution >= 4 is 5.43 Å². The predicted octanol–water partition coefficient (Wildman–Crippen LogP) is 2.39. The van der Waals surface area contributed by atoms with Gasteiger partial charge in [0.25, 0.3) is 0 Å². The Morgan fingerprint density at radius 1 is 0.912 bits per heavy atom. The van der Waals surface area contributed by atoms with E-state index in [1.807, 2.05) is 0 Å². The molecule has 0 nitrogen and oxygen atoms in total. The van der Waals surface area contributed by atoms with Crippen molar-refractivity contribution in [1.29, 1.82) is 0 Å². The van der Waals surface area contributed by atoms with Crippen LogP contribution in [0.25, 0.3) is 11.1 Å². The molecule has 0 aliphatic heterocycles. The Morgan fingerprint density at radius 2 is 1.47 bits per heavy atom. The van der Waals surface area contributed by atoms with Crippen LogP contribution in [0.4, 0.5) is 0 Å². The summed E-state index contributed by atoms with van der Waals surface area (Å²) in [5.74, 6) is 0.556. The molecular formula is C30H40Cl2SiZr-2. The van der Waals surface area contributed by atoms with Crippen molar-refractivity contribution in [2.45, 2.75) is 85.7 Å². The number of allylic oxidation sites excluding steroid dienone is 4. The largest absolute Gasteiger partial charge is 1.00 e. The van der Waals surface area contributed by atoms with E-state index in [2.05, 4.69) is 123 Å². The molecule has 0 saturated carbocycles. The van der Waals surface area contributed by atoms with E-state index < -0.39 is 0 Å². The van der Waals surface area contributed by atoms with Gasteiger partial charge < -0.3 is 24.8 Å². The molecule has 184 valence electrons. The third-order valence-electron chi connectivity index (χ3n) is 5.55. The van der Waals surface area contributed by atoms with E-state index in [-0.39, 0.29) is 41.1 Å². The van der Waals surface area contributed by atoms with Crippen LogP contribution in [0.2, 0.25) is 13.1 Å². The Morgan fingerprint density at radius 3 is 1.88 bits per heavy atom. The van der Waals surface area contributed by atoms with Gasteiger partial charge in [0.1, 0.15) is 0 Å². The Kier molecular flexibility index (Phi) is 13.6. The number of halogens is 2. The maximum absolute atomic E-state index is 3.67. The Labute approximate surface area is 237 Å². The number of rotatable bonds is 0. The van der Waals surface area contributed by atoms with E-state index in [0.717, 1.165) is 6.42 Å². The second-order valence-corrected chi connectivity index (χ2v) is 20.7. The molecule has 1 atom stereocenters. The van der Waals surface area contributed by atoms with Gasteiger partial charge in [-0.1, -0.05) is 85.1 Å². The second kappa shape index (κ2) is 13.8. The van der Waals surface area contributed by atoms with Crippen molar-refractivity contribution in [2.75, 3.05) is 0 Å². The average molecular weight is 591 g/mol. The summed E-state index contributed by atoms with van der Waals surface area (Å²) >= 11 is 1.74. The van der Waals surface area contributed by atoms with E-state index in [9.17, 15) is 0 Å². The minimum Gasteiger partial charge on any atom is -1.00 e. The summed E-state index contributed by atoms with van der Waals surface area (Å²) in [6.45, 7) is 22.4. The average Bonchev–Trinajstić information content (AvgIpc) is 3.21. The summed E-state index contributed by atoms with van der Waals surface area (Å²) in [5, 5.41) is 0. The molecule has 0 N–H and O–H groups in total. The normalized spacial score (nSPS) is 15.3. The molecular weight excluding hydrogens is 551 g/mol. The Balaban J connectivity index is 0.000000702. The van der Waals surface area contributed by atoms with E-state index in [4.69, 9.17) is 0 Å². The van der Waals surface area contributed by atoms with Crippen molar-refractivity contribution in [3.63, 3.8) is 0 Å². The zero-order chi connectivity index (χ0) is 24.3. The first kappa shape index (κ1) is 33.6. The smallest absolute Gasteiger partial charge is 1.00 e. The van der Waals surface area contributed by atoms with Crippen molar-refractivity contribution in [2.24, 2.45) is 5.92 Å². The molecule has 1 unspecified atom stereocenters. The fraction of sp³-hybridized carbons (Fsp3) is 0.467. The SMILES string of the molecule is CC(C)(C)c1[c-]c2c(cc1)-c1ccc(C(C)(C)C)cc1C2.CC1=[C-]C(C)C=C1.C[Si](C)=[Zr+2].[Cl-].[Cl-]. The van der Waals surface area contributed by atoms with E-state index in [1.165, 1.54) is 39.0 Å². The molecule has 0 bridgehead atoms. The molecule has 2 aromatic carbocycles. The molecule has 0 spiro atoms. The zero-order valence-electron chi connectivity index (χ0n) is 22.6. The van der Waals surface area contributed by atoms with E-state index in [0.29, 0.717) is 5.92 Å². The fourth-order valence-corrected chi connectivity index (χ4v) is 3.77. The molecule has 2 aliphatic carbocycles. The first-order chi connectivity index (χ1) is 14.7. The van der Waals surface area contributed by atoms with Crippen molar-refractivity contribution in [3.05, 3.63) is 82.5 Å². The molecule has 0 saturated heterocycles. The summed E-state index contributed by atoms with van der Waals surface area (Å²) < 4.78 is 0. The molecule has 0 heterocycles. The first-order valence-corrected chi connectivity index (χ1v) is 17.9. The fourth-order valence-electron chi connectivity index (χ4n) is 3.77. The van der Waals surface area contributed by atoms with Gasteiger partial charge in [0, 0.05) is 0 Å². The first-order valence-electron chi connectivity index (χ1n) is 11.7. The monoisotopic (exact) mass is 588 g/mol. The van der Waals surface area contributed by atoms with Gasteiger partial charge in [-0.3, -0.25) is 6.08 Å². The molecule has 2 aromatic rings. The maximum atomic E-state index is 3.67. The van der Waals surface area contributed by atoms with Gasteiger partial charge in [-0.15, -0.1) is 11.1 Å². The summed E-state index contributed by atoms with van der Waals surface area (Å²) in [4.78, 5) is 0. The van der Waals surface area contributed by atoms with Crippen LogP contribution in [0.3, 0.4) is 0 Å². The maximum Gasteiger partial charge on any atom is -1.00 e. The molecule has 0 fully saturated rings. The standard InChI is InChI=1S/C21H25.C7H9.C2H6Si.2ClH.Zr/c1-20(2,3)16-7-9-18-14(12-16)11-15-13-17(21(4,5)6)8-10-19(15)18;1-6-3-4-7(2)5-6;1-3-2;;;/h7-10,12H,11H2,1-6H3;3-4,6H,1-2H3;1-2H3;2*1H;/q2*-1;;;;+2/p-2. The molecule has 4 heteroatoms. The zero-order valence-corrected chi connectivity index (χ0v) is 27.6. The van der Waals surface area contributed by atoms with Gasteiger partial charge in [-0.25, -0.2) is 11.6 Å². The van der Waals surface area contributed by atoms with E-state index >= 15 is 0 Å². The minimum atomic E-state index is 0. The van der Waals surface area contributed by atoms with Crippen LogP contribution >= 0.6 is 0 Å². The molecule has 4 rings (SSSR count).